The van der Waals surface area contributed by atoms with Gasteiger partial charge in [-0.05, 0) is 24.2 Å². The van der Waals surface area contributed by atoms with Crippen LogP contribution in [0.4, 0.5) is 0 Å². The van der Waals surface area contributed by atoms with Crippen LogP contribution in [0.1, 0.15) is 64.7 Å². The van der Waals surface area contributed by atoms with E-state index in [4.69, 9.17) is 0 Å². The average Bonchev–Trinajstić information content (AvgIpc) is 2.23. The van der Waals surface area contributed by atoms with Gasteiger partial charge in [0.2, 0.25) is 0 Å². The molecule has 2 aliphatic carbocycles. The Hall–Kier alpha value is 1.09. The Morgan fingerprint density at radius 3 is 2.00 bits per heavy atom. The summed E-state index contributed by atoms with van der Waals surface area (Å²) in [5, 5.41) is 0. The fourth-order valence-electron chi connectivity index (χ4n) is 3.27. The van der Waals surface area contributed by atoms with E-state index in [0.717, 1.165) is 17.8 Å². The Bertz CT molecular complexity index is 153. The van der Waals surface area contributed by atoms with E-state index in [0.29, 0.717) is 0 Å². The Labute approximate surface area is 120 Å². The number of hydrogen-bond donors (Lipinski definition) is 0. The maximum absolute atomic E-state index is 2.49. The molecule has 2 rings (SSSR count). The van der Waals surface area contributed by atoms with E-state index < -0.39 is 0 Å². The summed E-state index contributed by atoms with van der Waals surface area (Å²) in [7, 11) is 0. The summed E-state index contributed by atoms with van der Waals surface area (Å²) in [6, 6.07) is 0. The van der Waals surface area contributed by atoms with Crippen LogP contribution in [0.3, 0.4) is 0 Å². The molecule has 0 bridgehead atoms. The molecule has 1 radical (unpaired) electrons. The molecular formula is C14H25Pa-. The molecule has 2 saturated carbocycles. The second-order valence-electron chi connectivity index (χ2n) is 5.67. The monoisotopic (exact) mass is 424 g/mol. The smallest absolute Gasteiger partial charge is 0 e. The van der Waals surface area contributed by atoms with Gasteiger partial charge in [0.05, 0.1) is 0 Å². The molecule has 85 valence electrons. The molecule has 0 aromatic rings. The van der Waals surface area contributed by atoms with E-state index in [2.05, 4.69) is 13.3 Å². The zero-order chi connectivity index (χ0) is 9.80. The van der Waals surface area contributed by atoms with Gasteiger partial charge in [-0.2, -0.15) is 12.8 Å². The molecule has 0 spiro atoms. The van der Waals surface area contributed by atoms with Crippen LogP contribution >= 0.6 is 0 Å². The Balaban J connectivity index is 0.00000112. The number of rotatable bonds is 2. The molecule has 0 unspecified atom stereocenters. The van der Waals surface area contributed by atoms with Crippen molar-refractivity contribution in [3.63, 3.8) is 0 Å². The van der Waals surface area contributed by atoms with Crippen molar-refractivity contribution < 1.29 is 32.3 Å². The first-order chi connectivity index (χ1) is 6.84. The van der Waals surface area contributed by atoms with E-state index in [-0.39, 0.29) is 32.3 Å². The minimum Gasteiger partial charge on any atom is -0.328 e. The summed E-state index contributed by atoms with van der Waals surface area (Å²) >= 11 is 0. The third kappa shape index (κ3) is 4.85. The van der Waals surface area contributed by atoms with Crippen molar-refractivity contribution in [3.05, 3.63) is 6.42 Å². The number of hydrogen-bond acceptors (Lipinski definition) is 0. The van der Waals surface area contributed by atoms with Gasteiger partial charge in [0.1, 0.15) is 0 Å². The average molecular weight is 424 g/mol. The van der Waals surface area contributed by atoms with E-state index in [1.807, 2.05) is 0 Å². The van der Waals surface area contributed by atoms with Crippen LogP contribution in [0.15, 0.2) is 0 Å². The van der Waals surface area contributed by atoms with Crippen LogP contribution < -0.4 is 0 Å². The Morgan fingerprint density at radius 1 is 0.867 bits per heavy atom. The van der Waals surface area contributed by atoms with Crippen LogP contribution in [-0.2, 0) is 0 Å². The summed E-state index contributed by atoms with van der Waals surface area (Å²) < 4.78 is 0. The fraction of sp³-hybridized carbons (Fsp3) is 0.929. The predicted octanol–water partition coefficient (Wildman–Crippen LogP) is 4.60. The zero-order valence-electron chi connectivity index (χ0n) is 10.3. The van der Waals surface area contributed by atoms with Crippen molar-refractivity contribution in [2.45, 2.75) is 64.7 Å². The van der Waals surface area contributed by atoms with Crippen molar-refractivity contribution >= 4 is 0 Å². The molecule has 0 heterocycles. The predicted molar refractivity (Wildman–Crippen MR) is 62.0 cm³/mol. The van der Waals surface area contributed by atoms with Gasteiger partial charge in [-0.1, -0.05) is 45.4 Å². The van der Waals surface area contributed by atoms with Gasteiger partial charge < -0.3 is 6.42 Å². The van der Waals surface area contributed by atoms with Crippen molar-refractivity contribution in [3.8, 4) is 0 Å². The summed E-state index contributed by atoms with van der Waals surface area (Å²) in [5.74, 6) is 3.19. The normalized spacial score (nSPS) is 33.4. The Kier molecular flexibility index (Phi) is 7.00. The summed E-state index contributed by atoms with van der Waals surface area (Å²) in [4.78, 5) is 0. The minimum absolute atomic E-state index is 0. The minimum atomic E-state index is 0. The van der Waals surface area contributed by atoms with Crippen LogP contribution in [0.25, 0.3) is 0 Å². The van der Waals surface area contributed by atoms with Gasteiger partial charge in [0, 0.05) is 32.3 Å². The molecule has 0 amide bonds. The molecule has 1 heteroatoms. The van der Waals surface area contributed by atoms with Gasteiger partial charge in [0.25, 0.3) is 0 Å². The molecule has 0 nitrogen and oxygen atoms in total. The van der Waals surface area contributed by atoms with Crippen molar-refractivity contribution in [2.75, 3.05) is 0 Å². The summed E-state index contributed by atoms with van der Waals surface area (Å²) in [5.41, 5.74) is 0. The first-order valence-electron chi connectivity index (χ1n) is 6.66. The van der Waals surface area contributed by atoms with Crippen LogP contribution in [0.2, 0.25) is 0 Å². The molecule has 2 aliphatic rings. The topological polar surface area (TPSA) is 0 Å². The standard InChI is InChI=1S/C14H25.Pa/c1-12-7-9-14(10-8-12)11-13-5-3-2-4-6-13;/h2,12-14H,3-11H2,1H3;/q-1;. The maximum atomic E-state index is 2.49. The van der Waals surface area contributed by atoms with Gasteiger partial charge in [0.15, 0.2) is 0 Å². The second-order valence-corrected chi connectivity index (χ2v) is 5.67. The van der Waals surface area contributed by atoms with E-state index in [9.17, 15) is 0 Å². The van der Waals surface area contributed by atoms with E-state index in [1.54, 1.807) is 6.42 Å². The van der Waals surface area contributed by atoms with E-state index in [1.165, 1.54) is 51.4 Å². The third-order valence-corrected chi connectivity index (χ3v) is 4.36. The SMILES string of the molecule is CC1CCC(CC2CC[CH-]CC2)CC1.[Pa]. The molecule has 0 aromatic heterocycles. The molecule has 2 fully saturated rings. The second kappa shape index (κ2) is 7.42. The first-order valence-corrected chi connectivity index (χ1v) is 6.66. The van der Waals surface area contributed by atoms with Crippen molar-refractivity contribution in [1.82, 2.24) is 0 Å². The summed E-state index contributed by atoms with van der Waals surface area (Å²) in [6.45, 7) is 2.42. The van der Waals surface area contributed by atoms with Gasteiger partial charge in [-0.15, -0.1) is 0 Å². The maximum Gasteiger partial charge on any atom is 0 e. The van der Waals surface area contributed by atoms with Gasteiger partial charge in [-0.25, -0.2) is 0 Å². The van der Waals surface area contributed by atoms with Crippen molar-refractivity contribution in [1.29, 1.82) is 0 Å². The first kappa shape index (κ1) is 14.2. The molecule has 0 N–H and O–H groups in total. The van der Waals surface area contributed by atoms with Gasteiger partial charge >= 0.3 is 0 Å². The molecular weight excluding hydrogens is 399 g/mol. The molecule has 0 saturated heterocycles. The molecule has 15 heavy (non-hydrogen) atoms. The molecule has 0 atom stereocenters. The fourth-order valence-corrected chi connectivity index (χ4v) is 3.27. The van der Waals surface area contributed by atoms with Crippen LogP contribution in [0.5, 0.6) is 0 Å². The zero-order valence-corrected chi connectivity index (χ0v) is 15.1. The largest absolute Gasteiger partial charge is 0.328 e. The van der Waals surface area contributed by atoms with Crippen molar-refractivity contribution in [2.24, 2.45) is 17.8 Å². The van der Waals surface area contributed by atoms with Crippen LogP contribution in [0, 0.1) is 56.5 Å². The summed E-state index contributed by atoms with van der Waals surface area (Å²) in [6.07, 6.45) is 15.9. The van der Waals surface area contributed by atoms with Crippen LogP contribution in [-0.4, -0.2) is 0 Å². The third-order valence-electron chi connectivity index (χ3n) is 4.36. The quantitative estimate of drug-likeness (QED) is 0.569. The van der Waals surface area contributed by atoms with Gasteiger partial charge in [-0.3, -0.25) is 0 Å². The molecule has 0 aromatic carbocycles. The Morgan fingerprint density at radius 2 is 1.40 bits per heavy atom. The molecule has 0 aliphatic heterocycles. The van der Waals surface area contributed by atoms with E-state index >= 15 is 0 Å².